The van der Waals surface area contributed by atoms with Crippen LogP contribution in [0.1, 0.15) is 80.5 Å². The maximum atomic E-state index is 11.6. The number of rotatable bonds is 27. The number of aliphatic imine (C=N–C) groups is 3. The third kappa shape index (κ3) is 32.1. The van der Waals surface area contributed by atoms with E-state index >= 15 is 0 Å². The molecular formula is C51H40N6Na4O25S7. The van der Waals surface area contributed by atoms with Crippen molar-refractivity contribution in [1.29, 1.82) is 0 Å². The molecular weight excluding hydrogens is 1410 g/mol. The van der Waals surface area contributed by atoms with Gasteiger partial charge >= 0.3 is 142 Å². The topological polar surface area (TPSA) is 444 Å². The number of hydrogen-bond donors (Lipinski definition) is 1. The van der Waals surface area contributed by atoms with E-state index in [2.05, 4.69) is 101 Å². The summed E-state index contributed by atoms with van der Waals surface area (Å²) in [5.74, 6) is -6.50. The van der Waals surface area contributed by atoms with Gasteiger partial charge < -0.3 is 44.1 Å². The Bertz CT molecular complexity index is 3730. The van der Waals surface area contributed by atoms with Gasteiger partial charge in [0.15, 0.2) is 0 Å². The zero-order chi connectivity index (χ0) is 65.7. The number of ether oxygens (including phenoxy) is 2. The maximum Gasteiger partial charge on any atom is 1.00 e. The van der Waals surface area contributed by atoms with Crippen LogP contribution in [-0.2, 0) is 101 Å². The molecule has 2 saturated heterocycles. The number of nitrogens with zero attached hydrogens (tertiary/aromatic N) is 5. The standard InChI is InChI=1S/C18H20N2O12.C17H14N2O7S3.C16H10N2O6S4.4Na/c21-11-1-2-12(22)19(11)31-17(27)7-5-15(25)29-9-10-30-16(26)6-8-18(28)32-20-13(23)3-4-14(20)24;1-11(20)19-15-7-5-13(17(9-15)29(22,23)24)3-2-12-4-6-14(18-10-27)8-16(12)28-26-25-21;19-23-24-27-15-7-13(17-9-25)5-3-11(15)1-2-12-4-6-14(18-10-26)8-16(12)28(20,21)22;;;;/h1-10H2;2-9,21H,1H3,(H,19,20)(H,22,23,24);1-8,19H,(H,20,21,22);;;;/q;;;4*+1/p-4/b;3-2+;2-1+;;;;. The van der Waals surface area contributed by atoms with E-state index in [-0.39, 0.29) is 192 Å². The zero-order valence-corrected chi connectivity index (χ0v) is 62.8. The largest absolute Gasteiger partial charge is 1.00 e. The van der Waals surface area contributed by atoms with Gasteiger partial charge in [0.2, 0.25) is 5.91 Å². The minimum Gasteiger partial charge on any atom is -0.744 e. The number of thiocarbonyl (C=S) groups is 3. The van der Waals surface area contributed by atoms with Crippen LogP contribution in [0.3, 0.4) is 0 Å². The van der Waals surface area contributed by atoms with Gasteiger partial charge in [0.05, 0.1) is 92.1 Å². The molecule has 0 spiro atoms. The molecule has 2 heterocycles. The molecule has 0 aromatic heterocycles. The fraction of sp³-hybridized carbons (Fsp3) is 0.216. The summed E-state index contributed by atoms with van der Waals surface area (Å²) in [6.07, 6.45) is 3.99. The van der Waals surface area contributed by atoms with Gasteiger partial charge in [0, 0.05) is 48.1 Å². The molecule has 2 aliphatic heterocycles. The Kier molecular flexibility index (Phi) is 43.8. The molecule has 4 aromatic rings. The predicted octanol–water partition coefficient (Wildman–Crippen LogP) is -6.99. The van der Waals surface area contributed by atoms with Gasteiger partial charge in [-0.3, -0.25) is 43.6 Å². The molecule has 5 amide bonds. The molecule has 0 atom stereocenters. The second-order valence-corrected chi connectivity index (χ2v) is 21.5. The summed E-state index contributed by atoms with van der Waals surface area (Å²) >= 11 is 14.8. The number of esters is 2. The first-order valence-corrected chi connectivity index (χ1v) is 29.9. The molecule has 0 aliphatic carbocycles. The Hall–Kier alpha value is -4.33. The fourth-order valence-electron chi connectivity index (χ4n) is 6.81. The SMILES string of the molecule is CC(=O)Nc1ccc(/C=C/c2ccc(N=C=S)cc2SOO[O-])c(S(=O)(=O)[O-])c1.O=C(CCC(=O)ON1C(=O)CCC1=O)OCCOC(=O)CCC(=O)ON1C(=O)CCC1=O.O=S(=O)([O-])c1cc(N=C=S)ccc1/C=C/c1ccc(N=C=S)cc1SOO[O-].[Na+].[Na+].[Na+].[Na+]. The molecule has 42 heteroatoms. The number of amides is 5. The van der Waals surface area contributed by atoms with Crippen molar-refractivity contribution in [2.45, 2.75) is 77.9 Å². The van der Waals surface area contributed by atoms with Crippen molar-refractivity contribution >= 4 is 197 Å². The number of isothiocyanates is 3. The van der Waals surface area contributed by atoms with Crippen molar-refractivity contribution in [3.63, 3.8) is 0 Å². The van der Waals surface area contributed by atoms with Crippen LogP contribution < -0.4 is 134 Å². The van der Waals surface area contributed by atoms with E-state index in [4.69, 9.17) is 9.47 Å². The van der Waals surface area contributed by atoms with Gasteiger partial charge in [-0.25, -0.2) is 26.4 Å². The summed E-state index contributed by atoms with van der Waals surface area (Å²) < 4.78 is 87.7. The molecule has 1 N–H and O–H groups in total. The Balaban J connectivity index is 0.00000134. The van der Waals surface area contributed by atoms with Crippen LogP contribution in [0.15, 0.2) is 107 Å². The molecule has 93 heavy (non-hydrogen) atoms. The van der Waals surface area contributed by atoms with E-state index in [1.54, 1.807) is 30.3 Å². The van der Waals surface area contributed by atoms with Crippen molar-refractivity contribution < 1.29 is 236 Å². The second kappa shape index (κ2) is 46.0. The summed E-state index contributed by atoms with van der Waals surface area (Å²) in [4.78, 5) is 123. The van der Waals surface area contributed by atoms with E-state index in [1.165, 1.54) is 61.6 Å². The Morgan fingerprint density at radius 1 is 0.527 bits per heavy atom. The molecule has 2 fully saturated rings. The average molecular weight is 1450 g/mol. The Labute approximate surface area is 641 Å². The Morgan fingerprint density at radius 3 is 1.19 bits per heavy atom. The molecule has 6 rings (SSSR count). The Morgan fingerprint density at radius 2 is 0.849 bits per heavy atom. The fourth-order valence-corrected chi connectivity index (χ4v) is 9.52. The van der Waals surface area contributed by atoms with Crippen molar-refractivity contribution in [2.24, 2.45) is 15.0 Å². The number of benzene rings is 4. The van der Waals surface area contributed by atoms with Gasteiger partial charge in [-0.2, -0.15) is 23.6 Å². The van der Waals surface area contributed by atoms with Crippen LogP contribution in [-0.4, -0.2) is 118 Å². The van der Waals surface area contributed by atoms with Gasteiger partial charge in [0.1, 0.15) is 33.5 Å². The smallest absolute Gasteiger partial charge is 0.744 e. The predicted molar refractivity (Wildman–Crippen MR) is 309 cm³/mol. The molecule has 4 aromatic carbocycles. The molecule has 2 aliphatic rings. The average Bonchev–Trinajstić information content (AvgIpc) is 1.78. The number of hydrogen-bond acceptors (Lipinski definition) is 33. The van der Waals surface area contributed by atoms with E-state index in [0.29, 0.717) is 66.5 Å². The number of nitrogens with one attached hydrogen (secondary N) is 1. The first-order valence-electron chi connectivity index (χ1n) is 24.4. The van der Waals surface area contributed by atoms with Crippen LogP contribution >= 0.6 is 60.7 Å². The third-order valence-electron chi connectivity index (χ3n) is 10.7. The van der Waals surface area contributed by atoms with Gasteiger partial charge in [-0.1, -0.05) is 48.6 Å². The monoisotopic (exact) mass is 1450 g/mol. The minimum atomic E-state index is -4.81. The molecule has 31 nitrogen and oxygen atoms in total. The normalized spacial score (nSPS) is 12.3. The van der Waals surface area contributed by atoms with Crippen molar-refractivity contribution in [2.75, 3.05) is 18.5 Å². The van der Waals surface area contributed by atoms with Crippen LogP contribution in [0.4, 0.5) is 22.7 Å². The van der Waals surface area contributed by atoms with Crippen molar-refractivity contribution in [1.82, 2.24) is 10.1 Å². The summed E-state index contributed by atoms with van der Waals surface area (Å²) in [5, 5.41) is 36.6. The van der Waals surface area contributed by atoms with Crippen LogP contribution in [0.25, 0.3) is 24.3 Å². The van der Waals surface area contributed by atoms with Crippen LogP contribution in [0, 0.1) is 0 Å². The van der Waals surface area contributed by atoms with Crippen LogP contribution in [0.5, 0.6) is 0 Å². The van der Waals surface area contributed by atoms with Crippen molar-refractivity contribution in [3.05, 3.63) is 95.1 Å². The zero-order valence-electron chi connectivity index (χ0n) is 49.1. The van der Waals surface area contributed by atoms with E-state index in [9.17, 15) is 79.6 Å². The second-order valence-electron chi connectivity index (χ2n) is 16.8. The van der Waals surface area contributed by atoms with Crippen LogP contribution in [0.2, 0.25) is 0 Å². The summed E-state index contributed by atoms with van der Waals surface area (Å²) in [6, 6.07) is 17.4. The minimum absolute atomic E-state index is 0. The van der Waals surface area contributed by atoms with Gasteiger partial charge in [-0.15, -0.1) is 10.1 Å². The maximum absolute atomic E-state index is 11.6. The summed E-state index contributed by atoms with van der Waals surface area (Å²) in [7, 11) is -9.58. The molecule has 0 radical (unpaired) electrons. The summed E-state index contributed by atoms with van der Waals surface area (Å²) in [5.41, 5.74) is 2.52. The molecule has 0 unspecified atom stereocenters. The molecule has 470 valence electrons. The van der Waals surface area contributed by atoms with E-state index in [1.807, 2.05) is 0 Å². The molecule has 0 bridgehead atoms. The van der Waals surface area contributed by atoms with E-state index < -0.39 is 96.3 Å². The number of hydroxylamine groups is 4. The number of carbonyl (C=O) groups is 9. The summed E-state index contributed by atoms with van der Waals surface area (Å²) in [6.45, 7) is 0.622. The number of anilines is 1. The van der Waals surface area contributed by atoms with Crippen molar-refractivity contribution in [3.8, 4) is 0 Å². The van der Waals surface area contributed by atoms with E-state index in [0.717, 1.165) is 12.1 Å². The first-order chi connectivity index (χ1) is 42.3. The quantitative estimate of drug-likeness (QED) is 0.00495. The first kappa shape index (κ1) is 88.7. The number of imide groups is 2. The third-order valence-corrected chi connectivity index (χ3v) is 14.0. The van der Waals surface area contributed by atoms with Gasteiger partial charge in [-0.05, 0) is 107 Å². The van der Waals surface area contributed by atoms with Gasteiger partial charge in [0.25, 0.3) is 23.6 Å². The number of carbonyl (C=O) groups excluding carboxylic acids is 9. The molecule has 0 saturated carbocycles.